The van der Waals surface area contributed by atoms with Crippen LogP contribution < -0.4 is 0 Å². The lowest BCUT2D eigenvalue weighted by Gasteiger charge is -2.07. The minimum absolute atomic E-state index is 0.185. The number of allylic oxidation sites excluding steroid dienone is 1. The molecule has 3 rings (SSSR count). The highest BCUT2D eigenvalue weighted by atomic mass is 16.4. The Labute approximate surface area is 81.9 Å². The molecule has 0 heterocycles. The maximum Gasteiger partial charge on any atom is 0.307 e. The predicted octanol–water partition coefficient (Wildman–Crippen LogP) is 2.13. The molecule has 0 spiro atoms. The second kappa shape index (κ2) is 2.47. The number of hydrogen-bond acceptors (Lipinski definition) is 1. The Balaban J connectivity index is 2.06. The zero-order chi connectivity index (χ0) is 9.71. The zero-order valence-electron chi connectivity index (χ0n) is 7.55. The minimum atomic E-state index is -0.665. The van der Waals surface area contributed by atoms with Crippen molar-refractivity contribution >= 4 is 12.0 Å². The van der Waals surface area contributed by atoms with Crippen LogP contribution in [-0.4, -0.2) is 11.1 Å². The smallest absolute Gasteiger partial charge is 0.307 e. The van der Waals surface area contributed by atoms with Gasteiger partial charge in [0.05, 0.1) is 5.92 Å². The maximum absolute atomic E-state index is 10.9. The van der Waals surface area contributed by atoms with E-state index in [1.807, 2.05) is 36.4 Å². The molecule has 2 aliphatic rings. The van der Waals surface area contributed by atoms with Crippen LogP contribution in [0.4, 0.5) is 0 Å². The lowest BCUT2D eigenvalue weighted by atomic mass is 9.97. The molecule has 70 valence electrons. The third-order valence-corrected chi connectivity index (χ3v) is 3.21. The molecule has 0 aliphatic heterocycles. The quantitative estimate of drug-likeness (QED) is 0.729. The van der Waals surface area contributed by atoms with E-state index in [2.05, 4.69) is 0 Å². The number of fused-ring (bicyclic) bond motifs is 3. The fourth-order valence-corrected chi connectivity index (χ4v) is 2.47. The molecule has 0 bridgehead atoms. The molecule has 1 saturated carbocycles. The average Bonchev–Trinajstić information content (AvgIpc) is 2.92. The van der Waals surface area contributed by atoms with Crippen LogP contribution in [0.3, 0.4) is 0 Å². The molecule has 1 aromatic rings. The third-order valence-electron chi connectivity index (χ3n) is 3.21. The van der Waals surface area contributed by atoms with Gasteiger partial charge >= 0.3 is 5.97 Å². The molecule has 14 heavy (non-hydrogen) atoms. The van der Waals surface area contributed by atoms with Crippen molar-refractivity contribution in [2.75, 3.05) is 0 Å². The van der Waals surface area contributed by atoms with Gasteiger partial charge in [-0.1, -0.05) is 36.4 Å². The molecular weight excluding hydrogens is 176 g/mol. The number of carbonyl (C=O) groups is 1. The first kappa shape index (κ1) is 7.80. The van der Waals surface area contributed by atoms with Crippen LogP contribution in [0.25, 0.3) is 6.08 Å². The summed E-state index contributed by atoms with van der Waals surface area (Å²) in [4.78, 5) is 10.9. The summed E-state index contributed by atoms with van der Waals surface area (Å²) in [7, 11) is 0. The first-order valence-electron chi connectivity index (χ1n) is 4.79. The normalized spacial score (nSPS) is 31.9. The van der Waals surface area contributed by atoms with Crippen LogP contribution in [0.15, 0.2) is 30.3 Å². The maximum atomic E-state index is 10.9. The van der Waals surface area contributed by atoms with Crippen LogP contribution in [0, 0.1) is 11.8 Å². The van der Waals surface area contributed by atoms with Gasteiger partial charge in [-0.2, -0.15) is 0 Å². The lowest BCUT2D eigenvalue weighted by Crippen LogP contribution is -1.99. The summed E-state index contributed by atoms with van der Waals surface area (Å²) in [6.45, 7) is 0. The standard InChI is InChI=1S/C12H10O2/c13-12(14)11-9-6-5-7-3-1-2-4-8(7)10(9)11/h1-6,9-11H,(H,13,14)/t9-,10-,11+/m0/s1. The molecule has 2 nitrogen and oxygen atoms in total. The predicted molar refractivity (Wildman–Crippen MR) is 52.8 cm³/mol. The second-order valence-corrected chi connectivity index (χ2v) is 3.96. The largest absolute Gasteiger partial charge is 0.481 e. The fraction of sp³-hybridized carbons (Fsp3) is 0.250. The summed E-state index contributed by atoms with van der Waals surface area (Å²) in [5, 5.41) is 8.98. The number of benzene rings is 1. The van der Waals surface area contributed by atoms with Gasteiger partial charge in [0.2, 0.25) is 0 Å². The molecule has 2 heteroatoms. The minimum Gasteiger partial charge on any atom is -0.481 e. The van der Waals surface area contributed by atoms with Crippen LogP contribution in [-0.2, 0) is 4.79 Å². The van der Waals surface area contributed by atoms with Gasteiger partial charge in [-0.25, -0.2) is 0 Å². The average molecular weight is 186 g/mol. The van der Waals surface area contributed by atoms with Crippen LogP contribution in [0.5, 0.6) is 0 Å². The molecule has 0 saturated heterocycles. The van der Waals surface area contributed by atoms with Crippen molar-refractivity contribution in [1.29, 1.82) is 0 Å². The monoisotopic (exact) mass is 186 g/mol. The van der Waals surface area contributed by atoms with Gasteiger partial charge in [0.1, 0.15) is 0 Å². The van der Waals surface area contributed by atoms with E-state index < -0.39 is 5.97 Å². The summed E-state index contributed by atoms with van der Waals surface area (Å²) in [6.07, 6.45) is 4.07. The van der Waals surface area contributed by atoms with E-state index in [1.165, 1.54) is 11.1 Å². The molecule has 1 N–H and O–H groups in total. The third kappa shape index (κ3) is 0.882. The van der Waals surface area contributed by atoms with Crippen molar-refractivity contribution in [2.45, 2.75) is 5.92 Å². The summed E-state index contributed by atoms with van der Waals surface area (Å²) >= 11 is 0. The highest BCUT2D eigenvalue weighted by molar-refractivity contribution is 5.80. The summed E-state index contributed by atoms with van der Waals surface area (Å²) in [5.41, 5.74) is 2.38. The van der Waals surface area contributed by atoms with E-state index in [0.29, 0.717) is 0 Å². The topological polar surface area (TPSA) is 37.3 Å². The first-order chi connectivity index (χ1) is 6.79. The molecule has 0 aromatic heterocycles. The second-order valence-electron chi connectivity index (χ2n) is 3.96. The molecule has 2 aliphatic carbocycles. The Bertz CT molecular complexity index is 434. The van der Waals surface area contributed by atoms with Crippen molar-refractivity contribution in [3.63, 3.8) is 0 Å². The van der Waals surface area contributed by atoms with Crippen molar-refractivity contribution in [3.05, 3.63) is 41.5 Å². The Kier molecular flexibility index (Phi) is 1.38. The Morgan fingerprint density at radius 1 is 1.29 bits per heavy atom. The van der Waals surface area contributed by atoms with Gasteiger partial charge < -0.3 is 5.11 Å². The molecular formula is C12H10O2. The molecule has 0 unspecified atom stereocenters. The summed E-state index contributed by atoms with van der Waals surface area (Å²) in [6, 6.07) is 8.05. The van der Waals surface area contributed by atoms with E-state index in [4.69, 9.17) is 5.11 Å². The van der Waals surface area contributed by atoms with E-state index >= 15 is 0 Å². The van der Waals surface area contributed by atoms with Gasteiger partial charge in [0.25, 0.3) is 0 Å². The van der Waals surface area contributed by atoms with Gasteiger partial charge in [0, 0.05) is 5.92 Å². The van der Waals surface area contributed by atoms with E-state index in [1.54, 1.807) is 0 Å². The fourth-order valence-electron chi connectivity index (χ4n) is 2.47. The van der Waals surface area contributed by atoms with Crippen LogP contribution in [0.1, 0.15) is 17.0 Å². The molecule has 1 aromatic carbocycles. The molecule has 0 amide bonds. The highest BCUT2D eigenvalue weighted by Crippen LogP contribution is 2.58. The van der Waals surface area contributed by atoms with Gasteiger partial charge in [-0.15, -0.1) is 0 Å². The number of carboxylic acid groups (broad SMARTS) is 1. The van der Waals surface area contributed by atoms with Crippen molar-refractivity contribution in [3.8, 4) is 0 Å². The van der Waals surface area contributed by atoms with E-state index in [-0.39, 0.29) is 17.8 Å². The number of carboxylic acids is 1. The van der Waals surface area contributed by atoms with Crippen LogP contribution in [0.2, 0.25) is 0 Å². The van der Waals surface area contributed by atoms with E-state index in [0.717, 1.165) is 0 Å². The van der Waals surface area contributed by atoms with Crippen LogP contribution >= 0.6 is 0 Å². The Morgan fingerprint density at radius 2 is 2.07 bits per heavy atom. The van der Waals surface area contributed by atoms with Gasteiger partial charge in [-0.3, -0.25) is 4.79 Å². The van der Waals surface area contributed by atoms with Crippen molar-refractivity contribution in [1.82, 2.24) is 0 Å². The molecule has 0 radical (unpaired) electrons. The van der Waals surface area contributed by atoms with Crippen molar-refractivity contribution in [2.24, 2.45) is 11.8 Å². The zero-order valence-corrected chi connectivity index (χ0v) is 7.55. The van der Waals surface area contributed by atoms with Gasteiger partial charge in [-0.05, 0) is 17.0 Å². The Hall–Kier alpha value is -1.57. The van der Waals surface area contributed by atoms with Crippen molar-refractivity contribution < 1.29 is 9.90 Å². The lowest BCUT2D eigenvalue weighted by molar-refractivity contribution is -0.138. The summed E-state index contributed by atoms with van der Waals surface area (Å²) < 4.78 is 0. The Morgan fingerprint density at radius 3 is 2.86 bits per heavy atom. The highest BCUT2D eigenvalue weighted by Gasteiger charge is 2.55. The summed E-state index contributed by atoms with van der Waals surface area (Å²) in [5.74, 6) is -0.382. The van der Waals surface area contributed by atoms with Gasteiger partial charge in [0.15, 0.2) is 0 Å². The number of aliphatic carboxylic acids is 1. The number of hydrogen-bond donors (Lipinski definition) is 1. The SMILES string of the molecule is O=C(O)[C@@H]1[C@H]2C=Cc3ccccc3[C@@H]21. The first-order valence-corrected chi connectivity index (χ1v) is 4.79. The molecule has 1 fully saturated rings. The van der Waals surface area contributed by atoms with E-state index in [9.17, 15) is 4.79 Å². The number of rotatable bonds is 1. The molecule has 3 atom stereocenters.